The molecule has 3 fully saturated rings. The second-order valence-electron chi connectivity index (χ2n) is 7.74. The van der Waals surface area contributed by atoms with Gasteiger partial charge in [-0.05, 0) is 24.6 Å². The van der Waals surface area contributed by atoms with Crippen LogP contribution >= 0.6 is 11.6 Å². The van der Waals surface area contributed by atoms with Crippen molar-refractivity contribution in [2.75, 3.05) is 25.1 Å². The summed E-state index contributed by atoms with van der Waals surface area (Å²) in [5.41, 5.74) is 0.653. The molecule has 0 bridgehead atoms. The molecule has 160 valence electrons. The molecule has 3 aliphatic heterocycles. The van der Waals surface area contributed by atoms with Gasteiger partial charge in [0.1, 0.15) is 16.8 Å². The van der Waals surface area contributed by atoms with E-state index in [4.69, 9.17) is 16.3 Å². The van der Waals surface area contributed by atoms with E-state index in [9.17, 15) is 19.7 Å². The Hall–Kier alpha value is -3.01. The molecular formula is C21H19ClN4O5. The highest BCUT2D eigenvalue weighted by molar-refractivity contribution is 6.33. The van der Waals surface area contributed by atoms with Crippen LogP contribution in [0.4, 0.5) is 11.4 Å². The van der Waals surface area contributed by atoms with Crippen LogP contribution in [0.1, 0.15) is 18.0 Å². The standard InChI is InChI=1S/C21H19ClN4O5/c1-31-16-6-3-2-5-13(16)18-17-19(24-10-4-9-23(18)24)21(28)25(20(17)27)12-7-8-14(22)15(11-12)26(29)30/h2-3,5-8,11,17-19H,4,9-10H2,1H3/t17-,18-,19+/m1/s1. The number of ether oxygens (including phenoxy) is 1. The predicted molar refractivity (Wildman–Crippen MR) is 112 cm³/mol. The summed E-state index contributed by atoms with van der Waals surface area (Å²) in [5.74, 6) is -0.743. The van der Waals surface area contributed by atoms with Crippen LogP contribution in [-0.2, 0) is 9.59 Å². The Morgan fingerprint density at radius 1 is 1.06 bits per heavy atom. The van der Waals surface area contributed by atoms with Crippen LogP contribution < -0.4 is 9.64 Å². The van der Waals surface area contributed by atoms with Crippen molar-refractivity contribution in [3.63, 3.8) is 0 Å². The summed E-state index contributed by atoms with van der Waals surface area (Å²) in [6.45, 7) is 1.41. The Morgan fingerprint density at radius 3 is 2.48 bits per heavy atom. The summed E-state index contributed by atoms with van der Waals surface area (Å²) in [4.78, 5) is 38.8. The van der Waals surface area contributed by atoms with Gasteiger partial charge >= 0.3 is 0 Å². The molecule has 2 aromatic carbocycles. The number of anilines is 1. The number of benzene rings is 2. The summed E-state index contributed by atoms with van der Waals surface area (Å²) in [6.07, 6.45) is 0.878. The van der Waals surface area contributed by atoms with Crippen LogP contribution in [0.5, 0.6) is 5.75 Å². The molecule has 2 aromatic rings. The number of carbonyl (C=O) groups is 2. The summed E-state index contributed by atoms with van der Waals surface area (Å²) in [7, 11) is 1.58. The van der Waals surface area contributed by atoms with Gasteiger partial charge in [-0.1, -0.05) is 29.8 Å². The van der Waals surface area contributed by atoms with Crippen molar-refractivity contribution in [1.29, 1.82) is 0 Å². The number of fused-ring (bicyclic) bond motifs is 3. The van der Waals surface area contributed by atoms with Gasteiger partial charge < -0.3 is 4.74 Å². The quantitative estimate of drug-likeness (QED) is 0.408. The maximum atomic E-state index is 13.6. The number of methoxy groups -OCH3 is 1. The van der Waals surface area contributed by atoms with E-state index in [1.807, 2.05) is 29.3 Å². The maximum absolute atomic E-state index is 13.6. The van der Waals surface area contributed by atoms with E-state index in [-0.39, 0.29) is 34.3 Å². The van der Waals surface area contributed by atoms with Crippen molar-refractivity contribution in [1.82, 2.24) is 10.0 Å². The number of halogens is 1. The van der Waals surface area contributed by atoms with Gasteiger partial charge in [-0.2, -0.15) is 0 Å². The molecular weight excluding hydrogens is 424 g/mol. The van der Waals surface area contributed by atoms with Crippen molar-refractivity contribution in [3.05, 3.63) is 63.2 Å². The first-order valence-electron chi connectivity index (χ1n) is 9.92. The van der Waals surface area contributed by atoms with E-state index >= 15 is 0 Å². The number of hydrogen-bond donors (Lipinski definition) is 0. The summed E-state index contributed by atoms with van der Waals surface area (Å²) in [5, 5.41) is 15.3. The zero-order valence-electron chi connectivity index (χ0n) is 16.6. The van der Waals surface area contributed by atoms with Gasteiger partial charge in [-0.25, -0.2) is 14.9 Å². The van der Waals surface area contributed by atoms with Crippen LogP contribution in [0, 0.1) is 16.0 Å². The smallest absolute Gasteiger partial charge is 0.289 e. The number of imide groups is 1. The average Bonchev–Trinajstić information content (AvgIpc) is 3.40. The van der Waals surface area contributed by atoms with Gasteiger partial charge in [0.15, 0.2) is 0 Å². The largest absolute Gasteiger partial charge is 0.496 e. The number of nitro benzene ring substituents is 1. The minimum atomic E-state index is -0.653. The first-order chi connectivity index (χ1) is 14.9. The second-order valence-corrected chi connectivity index (χ2v) is 8.15. The lowest BCUT2D eigenvalue weighted by Gasteiger charge is -2.30. The lowest BCUT2D eigenvalue weighted by Crippen LogP contribution is -2.44. The average molecular weight is 443 g/mol. The Kier molecular flexibility index (Phi) is 4.69. The molecule has 0 spiro atoms. The Balaban J connectivity index is 1.60. The zero-order chi connectivity index (χ0) is 21.9. The Morgan fingerprint density at radius 2 is 1.77 bits per heavy atom. The number of carbonyl (C=O) groups excluding carboxylic acids is 2. The van der Waals surface area contributed by atoms with Crippen LogP contribution in [0.2, 0.25) is 5.02 Å². The van der Waals surface area contributed by atoms with Crippen molar-refractivity contribution in [2.45, 2.75) is 18.5 Å². The molecule has 3 aliphatic rings. The normalized spacial score (nSPS) is 25.7. The van der Waals surface area contributed by atoms with E-state index < -0.39 is 16.9 Å². The predicted octanol–water partition coefficient (Wildman–Crippen LogP) is 2.79. The van der Waals surface area contributed by atoms with Gasteiger partial charge in [0.25, 0.3) is 11.6 Å². The van der Waals surface area contributed by atoms with Crippen LogP contribution in [0.15, 0.2) is 42.5 Å². The number of nitrogens with zero attached hydrogens (tertiary/aromatic N) is 4. The van der Waals surface area contributed by atoms with Crippen molar-refractivity contribution < 1.29 is 19.2 Å². The third kappa shape index (κ3) is 2.84. The molecule has 0 aliphatic carbocycles. The van der Waals surface area contributed by atoms with Gasteiger partial charge in [0.05, 0.1) is 29.7 Å². The van der Waals surface area contributed by atoms with E-state index in [1.54, 1.807) is 7.11 Å². The maximum Gasteiger partial charge on any atom is 0.289 e. The molecule has 0 saturated carbocycles. The molecule has 0 N–H and O–H groups in total. The van der Waals surface area contributed by atoms with Crippen molar-refractivity contribution >= 4 is 34.8 Å². The fourth-order valence-electron chi connectivity index (χ4n) is 5.03. The fourth-order valence-corrected chi connectivity index (χ4v) is 5.22. The van der Waals surface area contributed by atoms with E-state index in [2.05, 4.69) is 5.01 Å². The van der Waals surface area contributed by atoms with Gasteiger partial charge in [0.2, 0.25) is 5.91 Å². The van der Waals surface area contributed by atoms with Crippen molar-refractivity contribution in [2.24, 2.45) is 5.92 Å². The Labute approximate surface area is 182 Å². The molecule has 31 heavy (non-hydrogen) atoms. The molecule has 3 saturated heterocycles. The SMILES string of the molecule is COc1ccccc1[C@@H]1[C@H]2C(=O)N(c3ccc(Cl)c([N+](=O)[O-])c3)C(=O)[C@H]2N2CCCN12. The highest BCUT2D eigenvalue weighted by Crippen LogP contribution is 2.50. The molecule has 0 unspecified atom stereocenters. The number of rotatable bonds is 4. The highest BCUT2D eigenvalue weighted by Gasteiger charge is 2.63. The summed E-state index contributed by atoms with van der Waals surface area (Å²) in [6, 6.07) is 10.5. The monoisotopic (exact) mass is 442 g/mol. The number of para-hydroxylation sites is 1. The molecule has 2 amide bonds. The van der Waals surface area contributed by atoms with Crippen LogP contribution in [0.25, 0.3) is 0 Å². The molecule has 0 radical (unpaired) electrons. The highest BCUT2D eigenvalue weighted by atomic mass is 35.5. The molecule has 10 heteroatoms. The second kappa shape index (κ2) is 7.30. The van der Waals surface area contributed by atoms with Gasteiger partial charge in [-0.3, -0.25) is 19.7 Å². The van der Waals surface area contributed by atoms with E-state index in [1.165, 1.54) is 18.2 Å². The van der Waals surface area contributed by atoms with E-state index in [0.717, 1.165) is 23.4 Å². The minimum Gasteiger partial charge on any atom is -0.496 e. The van der Waals surface area contributed by atoms with Gasteiger partial charge in [-0.15, -0.1) is 0 Å². The first kappa shape index (κ1) is 19.9. The molecule has 9 nitrogen and oxygen atoms in total. The van der Waals surface area contributed by atoms with Crippen LogP contribution in [0.3, 0.4) is 0 Å². The van der Waals surface area contributed by atoms with Crippen LogP contribution in [-0.4, -0.2) is 53.0 Å². The number of hydrogen-bond acceptors (Lipinski definition) is 7. The van der Waals surface area contributed by atoms with Gasteiger partial charge in [0, 0.05) is 24.7 Å². The number of amides is 2. The zero-order valence-corrected chi connectivity index (χ0v) is 17.4. The fraction of sp³-hybridized carbons (Fsp3) is 0.333. The third-order valence-electron chi connectivity index (χ3n) is 6.25. The van der Waals surface area contributed by atoms with E-state index in [0.29, 0.717) is 12.3 Å². The molecule has 5 rings (SSSR count). The number of hydrazine groups is 1. The molecule has 3 atom stereocenters. The topological polar surface area (TPSA) is 96.2 Å². The summed E-state index contributed by atoms with van der Waals surface area (Å²) >= 11 is 5.92. The first-order valence-corrected chi connectivity index (χ1v) is 10.3. The lowest BCUT2D eigenvalue weighted by molar-refractivity contribution is -0.384. The molecule has 3 heterocycles. The van der Waals surface area contributed by atoms with Crippen molar-refractivity contribution in [3.8, 4) is 5.75 Å². The number of nitro groups is 1. The summed E-state index contributed by atoms with van der Waals surface area (Å²) < 4.78 is 5.54. The Bertz CT molecular complexity index is 1110. The molecule has 0 aromatic heterocycles. The third-order valence-corrected chi connectivity index (χ3v) is 6.57. The lowest BCUT2D eigenvalue weighted by atomic mass is 9.89. The minimum absolute atomic E-state index is 0.0503.